The maximum atomic E-state index is 11.8. The first-order valence-electron chi connectivity index (χ1n) is 9.77. The standard InChI is InChI=1S/C21H26O11/c1-11(22)27-10-17-18(29-12(2)23)19(30-13(3)24)20(31-14(4)25)21(32-17)28-9-15-7-5-6-8-16(15)26/h5-8,17-21,26H,9-10H2,1-4H3/t17-,18-,19+,20-,21+/m1/s1. The molecule has 1 saturated heterocycles. The monoisotopic (exact) mass is 454 g/mol. The summed E-state index contributed by atoms with van der Waals surface area (Å²) in [6.45, 7) is 4.08. The number of benzene rings is 1. The van der Waals surface area contributed by atoms with E-state index in [0.29, 0.717) is 5.56 Å². The van der Waals surface area contributed by atoms with Crippen LogP contribution >= 0.6 is 0 Å². The molecule has 176 valence electrons. The lowest BCUT2D eigenvalue weighted by atomic mass is 9.98. The molecule has 1 fully saturated rings. The highest BCUT2D eigenvalue weighted by Gasteiger charge is 2.52. The van der Waals surface area contributed by atoms with Crippen LogP contribution in [0, 0.1) is 0 Å². The number of phenolic OH excluding ortho intramolecular Hbond substituents is 1. The average molecular weight is 454 g/mol. The molecule has 0 radical (unpaired) electrons. The molecule has 0 aromatic heterocycles. The molecule has 11 nitrogen and oxygen atoms in total. The van der Waals surface area contributed by atoms with Crippen molar-refractivity contribution in [3.63, 3.8) is 0 Å². The summed E-state index contributed by atoms with van der Waals surface area (Å²) in [5.41, 5.74) is 0.417. The topological polar surface area (TPSA) is 144 Å². The summed E-state index contributed by atoms with van der Waals surface area (Å²) < 4.78 is 32.4. The Kier molecular flexibility index (Phi) is 8.97. The van der Waals surface area contributed by atoms with Crippen LogP contribution in [-0.2, 0) is 54.2 Å². The first-order chi connectivity index (χ1) is 15.1. The van der Waals surface area contributed by atoms with Gasteiger partial charge in [0.15, 0.2) is 24.6 Å². The van der Waals surface area contributed by atoms with E-state index in [4.69, 9.17) is 28.4 Å². The van der Waals surface area contributed by atoms with Crippen molar-refractivity contribution in [1.29, 1.82) is 0 Å². The summed E-state index contributed by atoms with van der Waals surface area (Å²) in [6, 6.07) is 6.39. The number of ether oxygens (including phenoxy) is 6. The van der Waals surface area contributed by atoms with E-state index in [0.717, 1.165) is 20.8 Å². The Morgan fingerprint density at radius 1 is 0.844 bits per heavy atom. The molecule has 1 aliphatic rings. The fourth-order valence-electron chi connectivity index (χ4n) is 3.13. The first kappa shape index (κ1) is 25.1. The number of esters is 4. The predicted molar refractivity (Wildman–Crippen MR) is 105 cm³/mol. The highest BCUT2D eigenvalue weighted by Crippen LogP contribution is 2.31. The summed E-state index contributed by atoms with van der Waals surface area (Å²) in [7, 11) is 0. The normalized spacial score (nSPS) is 24.8. The van der Waals surface area contributed by atoms with Gasteiger partial charge in [-0.15, -0.1) is 0 Å². The van der Waals surface area contributed by atoms with Crippen molar-refractivity contribution in [3.8, 4) is 5.75 Å². The molecule has 32 heavy (non-hydrogen) atoms. The molecule has 1 heterocycles. The van der Waals surface area contributed by atoms with Gasteiger partial charge in [0.2, 0.25) is 0 Å². The number of hydrogen-bond acceptors (Lipinski definition) is 11. The summed E-state index contributed by atoms with van der Waals surface area (Å²) >= 11 is 0. The van der Waals surface area contributed by atoms with E-state index in [9.17, 15) is 24.3 Å². The van der Waals surface area contributed by atoms with Gasteiger partial charge in [-0.3, -0.25) is 19.2 Å². The summed E-state index contributed by atoms with van der Waals surface area (Å²) in [5, 5.41) is 9.97. The van der Waals surface area contributed by atoms with E-state index in [1.807, 2.05) is 0 Å². The molecule has 0 unspecified atom stereocenters. The number of rotatable bonds is 8. The summed E-state index contributed by atoms with van der Waals surface area (Å²) in [6.07, 6.45) is -6.31. The van der Waals surface area contributed by atoms with E-state index in [2.05, 4.69) is 0 Å². The van der Waals surface area contributed by atoms with E-state index < -0.39 is 54.6 Å². The zero-order valence-corrected chi connectivity index (χ0v) is 18.1. The Labute approximate surface area is 184 Å². The second kappa shape index (κ2) is 11.4. The van der Waals surface area contributed by atoms with Gasteiger partial charge in [-0.25, -0.2) is 0 Å². The van der Waals surface area contributed by atoms with Crippen LogP contribution in [0.2, 0.25) is 0 Å². The number of para-hydroxylation sites is 1. The Balaban J connectivity index is 2.37. The fraction of sp³-hybridized carbons (Fsp3) is 0.524. The molecule has 0 saturated carbocycles. The third-order valence-corrected chi connectivity index (χ3v) is 4.34. The van der Waals surface area contributed by atoms with Crippen LogP contribution in [0.1, 0.15) is 33.3 Å². The SMILES string of the molecule is CC(=O)OC[C@H]1O[C@H](OCc2ccccc2O)[C@H](OC(C)=O)[C@@H](OC(C)=O)[C@@H]1OC(C)=O. The number of hydrogen-bond donors (Lipinski definition) is 1. The molecule has 2 rings (SSSR count). The van der Waals surface area contributed by atoms with Gasteiger partial charge < -0.3 is 33.5 Å². The van der Waals surface area contributed by atoms with E-state index in [-0.39, 0.29) is 19.0 Å². The van der Waals surface area contributed by atoms with Crippen molar-refractivity contribution >= 4 is 23.9 Å². The van der Waals surface area contributed by atoms with Crippen molar-refractivity contribution in [1.82, 2.24) is 0 Å². The van der Waals surface area contributed by atoms with Crippen molar-refractivity contribution in [2.24, 2.45) is 0 Å². The lowest BCUT2D eigenvalue weighted by Crippen LogP contribution is -2.62. The molecule has 1 aliphatic heterocycles. The molecule has 1 aromatic carbocycles. The molecular formula is C21H26O11. The van der Waals surface area contributed by atoms with Gasteiger partial charge in [0.1, 0.15) is 18.5 Å². The number of carbonyl (C=O) groups excluding carboxylic acids is 4. The van der Waals surface area contributed by atoms with Gasteiger partial charge in [0.05, 0.1) is 6.61 Å². The maximum Gasteiger partial charge on any atom is 0.303 e. The van der Waals surface area contributed by atoms with Crippen LogP contribution in [-0.4, -0.2) is 66.3 Å². The van der Waals surface area contributed by atoms with Crippen LogP contribution in [0.4, 0.5) is 0 Å². The predicted octanol–water partition coefficient (Wildman–Crippen LogP) is 0.992. The van der Waals surface area contributed by atoms with Crippen molar-refractivity contribution in [2.45, 2.75) is 65.0 Å². The number of aromatic hydroxyl groups is 1. The van der Waals surface area contributed by atoms with Gasteiger partial charge in [-0.2, -0.15) is 0 Å². The molecule has 0 spiro atoms. The molecule has 1 N–H and O–H groups in total. The highest BCUT2D eigenvalue weighted by molar-refractivity contribution is 5.68. The van der Waals surface area contributed by atoms with E-state index >= 15 is 0 Å². The quantitative estimate of drug-likeness (QED) is 0.443. The van der Waals surface area contributed by atoms with Gasteiger partial charge in [0, 0.05) is 33.3 Å². The molecule has 0 aliphatic carbocycles. The molecule has 0 bridgehead atoms. The van der Waals surface area contributed by atoms with Crippen LogP contribution < -0.4 is 0 Å². The largest absolute Gasteiger partial charge is 0.508 e. The third-order valence-electron chi connectivity index (χ3n) is 4.34. The minimum Gasteiger partial charge on any atom is -0.508 e. The zero-order chi connectivity index (χ0) is 23.8. The highest BCUT2D eigenvalue weighted by atomic mass is 16.7. The van der Waals surface area contributed by atoms with Crippen LogP contribution in [0.25, 0.3) is 0 Å². The van der Waals surface area contributed by atoms with Crippen molar-refractivity contribution < 1.29 is 52.7 Å². The maximum absolute atomic E-state index is 11.8. The lowest BCUT2D eigenvalue weighted by molar-refractivity contribution is -0.310. The minimum absolute atomic E-state index is 0.0295. The molecule has 11 heteroatoms. The Morgan fingerprint density at radius 3 is 1.97 bits per heavy atom. The van der Waals surface area contributed by atoms with E-state index in [1.54, 1.807) is 18.2 Å². The Bertz CT molecular complexity index is 837. The van der Waals surface area contributed by atoms with Gasteiger partial charge >= 0.3 is 23.9 Å². The molecular weight excluding hydrogens is 428 g/mol. The van der Waals surface area contributed by atoms with Crippen molar-refractivity contribution in [2.75, 3.05) is 6.61 Å². The zero-order valence-electron chi connectivity index (χ0n) is 18.1. The van der Waals surface area contributed by atoms with Crippen LogP contribution in [0.5, 0.6) is 5.75 Å². The molecule has 1 aromatic rings. The minimum atomic E-state index is -1.32. The lowest BCUT2D eigenvalue weighted by Gasteiger charge is -2.44. The molecule has 0 amide bonds. The first-order valence-corrected chi connectivity index (χ1v) is 9.77. The molecule has 5 atom stereocenters. The Morgan fingerprint density at radius 2 is 1.41 bits per heavy atom. The summed E-state index contributed by atoms with van der Waals surface area (Å²) in [5.74, 6) is -2.84. The third kappa shape index (κ3) is 7.20. The second-order valence-corrected chi connectivity index (χ2v) is 7.01. The average Bonchev–Trinajstić information content (AvgIpc) is 2.68. The van der Waals surface area contributed by atoms with Gasteiger partial charge in [-0.05, 0) is 6.07 Å². The van der Waals surface area contributed by atoms with E-state index in [1.165, 1.54) is 13.0 Å². The fourth-order valence-corrected chi connectivity index (χ4v) is 3.13. The van der Waals surface area contributed by atoms with Crippen molar-refractivity contribution in [3.05, 3.63) is 29.8 Å². The van der Waals surface area contributed by atoms with Crippen LogP contribution in [0.15, 0.2) is 24.3 Å². The van der Waals surface area contributed by atoms with Crippen LogP contribution in [0.3, 0.4) is 0 Å². The smallest absolute Gasteiger partial charge is 0.303 e. The number of carbonyl (C=O) groups is 4. The number of phenols is 1. The van der Waals surface area contributed by atoms with Gasteiger partial charge in [-0.1, -0.05) is 18.2 Å². The second-order valence-electron chi connectivity index (χ2n) is 7.01. The van der Waals surface area contributed by atoms with Gasteiger partial charge in [0.25, 0.3) is 0 Å². The summed E-state index contributed by atoms with van der Waals surface area (Å²) in [4.78, 5) is 46.5. The Hall–Kier alpha value is -3.18.